The molecule has 0 N–H and O–H groups in total. The fraction of sp³-hybridized carbons (Fsp3) is 0.231. The third-order valence-corrected chi connectivity index (χ3v) is 14.6. The summed E-state index contributed by atoms with van der Waals surface area (Å²) in [5, 5.41) is 5.41. The van der Waals surface area contributed by atoms with Crippen LogP contribution in [-0.4, -0.2) is 5.43 Å². The molecule has 0 aromatic heterocycles. The standard InChI is InChI=1S/C18H17.C17H15.C4H10Si.2ClH.Zr/c1-3-14-11-16-5-4-6-17(18(16)12-14)15-9-7-13(2)8-10-15;1-12-6-8-14(9-7-12)16-5-3-4-15-10-13(2)11-17(15)16;1-3-5-4-2;;;/h4-12H,3H2,1-2H3;3-11H,1-2H3;3-4H2,1-2H3;2*1H;/q2*-1;;;;+2/p-2. The summed E-state index contributed by atoms with van der Waals surface area (Å²) in [6.45, 7) is 13.2. The molecule has 0 spiro atoms. The Morgan fingerprint density at radius 2 is 1.02 bits per heavy atom. The first-order chi connectivity index (χ1) is 19.8. The molecule has 0 saturated carbocycles. The van der Waals surface area contributed by atoms with Gasteiger partial charge in [0.05, 0.1) is 0 Å². The van der Waals surface area contributed by atoms with Crippen molar-refractivity contribution in [1.29, 1.82) is 0 Å². The van der Waals surface area contributed by atoms with Gasteiger partial charge in [-0.25, -0.2) is 0 Å². The molecule has 6 aromatic rings. The van der Waals surface area contributed by atoms with Crippen molar-refractivity contribution in [2.24, 2.45) is 0 Å². The van der Waals surface area contributed by atoms with Gasteiger partial charge in [0.2, 0.25) is 0 Å². The predicted molar refractivity (Wildman–Crippen MR) is 180 cm³/mol. The van der Waals surface area contributed by atoms with Gasteiger partial charge >= 0.3 is 54.7 Å². The van der Waals surface area contributed by atoms with Crippen LogP contribution in [0.5, 0.6) is 0 Å². The summed E-state index contributed by atoms with van der Waals surface area (Å²) >= 11 is 1.80. The van der Waals surface area contributed by atoms with Gasteiger partial charge < -0.3 is 24.8 Å². The molecule has 0 unspecified atom stereocenters. The van der Waals surface area contributed by atoms with Gasteiger partial charge in [0.15, 0.2) is 0 Å². The van der Waals surface area contributed by atoms with Crippen LogP contribution >= 0.6 is 0 Å². The van der Waals surface area contributed by atoms with Crippen LogP contribution in [0.4, 0.5) is 0 Å². The Balaban J connectivity index is 0.000000244. The predicted octanol–water partition coefficient (Wildman–Crippen LogP) is 5.51. The molecule has 4 heteroatoms. The molecule has 0 aliphatic heterocycles. The van der Waals surface area contributed by atoms with Crippen molar-refractivity contribution in [3.63, 3.8) is 0 Å². The second kappa shape index (κ2) is 17.9. The Hall–Kier alpha value is -2.22. The monoisotopic (exact) mass is 698 g/mol. The zero-order valence-electron chi connectivity index (χ0n) is 26.3. The number of hydrogen-bond donors (Lipinski definition) is 0. The Morgan fingerprint density at radius 3 is 1.44 bits per heavy atom. The minimum absolute atomic E-state index is 0. The average Bonchev–Trinajstić information content (AvgIpc) is 3.60. The summed E-state index contributed by atoms with van der Waals surface area (Å²) in [5.41, 5.74) is 10.9. The Labute approximate surface area is 286 Å². The van der Waals surface area contributed by atoms with Gasteiger partial charge in [-0.2, -0.15) is 12.1 Å². The second-order valence-corrected chi connectivity index (χ2v) is 18.7. The van der Waals surface area contributed by atoms with E-state index >= 15 is 0 Å². The molecule has 0 fully saturated rings. The number of rotatable bonds is 5. The van der Waals surface area contributed by atoms with E-state index in [-0.39, 0.29) is 30.2 Å². The van der Waals surface area contributed by atoms with Crippen LogP contribution in [0.1, 0.15) is 43.0 Å². The molecule has 0 bridgehead atoms. The third kappa shape index (κ3) is 9.89. The van der Waals surface area contributed by atoms with Gasteiger partial charge in [-0.3, -0.25) is 0 Å². The van der Waals surface area contributed by atoms with Crippen LogP contribution in [0.15, 0.2) is 109 Å². The molecule has 0 amide bonds. The first-order valence-corrected chi connectivity index (χ1v) is 20.5. The average molecular weight is 701 g/mol. The van der Waals surface area contributed by atoms with Crippen LogP contribution in [-0.2, 0) is 29.8 Å². The van der Waals surface area contributed by atoms with Crippen LogP contribution in [0.3, 0.4) is 0 Å². The molecule has 0 aliphatic carbocycles. The maximum absolute atomic E-state index is 2.32. The molecule has 0 atom stereocenters. The van der Waals surface area contributed by atoms with E-state index in [2.05, 4.69) is 151 Å². The summed E-state index contributed by atoms with van der Waals surface area (Å²) in [7, 11) is 0. The van der Waals surface area contributed by atoms with Gasteiger partial charge in [-0.15, -0.1) is 69.1 Å². The second-order valence-electron chi connectivity index (χ2n) is 10.9. The number of hydrogen-bond acceptors (Lipinski definition) is 0. The van der Waals surface area contributed by atoms with E-state index in [4.69, 9.17) is 0 Å². The van der Waals surface area contributed by atoms with E-state index < -0.39 is 0 Å². The fourth-order valence-electron chi connectivity index (χ4n) is 5.11. The first kappa shape index (κ1) is 37.0. The van der Waals surface area contributed by atoms with Gasteiger partial charge in [-0.05, 0) is 31.4 Å². The van der Waals surface area contributed by atoms with Gasteiger partial charge in [-0.1, -0.05) is 96.8 Å². The number of aryl methyl sites for hydroxylation is 4. The van der Waals surface area contributed by atoms with Crippen molar-refractivity contribution >= 4 is 27.0 Å². The molecule has 0 nitrogen and oxygen atoms in total. The van der Waals surface area contributed by atoms with E-state index in [9.17, 15) is 0 Å². The summed E-state index contributed by atoms with van der Waals surface area (Å²) in [5.74, 6) is 0. The van der Waals surface area contributed by atoms with Crippen molar-refractivity contribution in [2.75, 3.05) is 0 Å². The molecule has 0 saturated heterocycles. The molecule has 43 heavy (non-hydrogen) atoms. The Bertz CT molecular complexity index is 1720. The van der Waals surface area contributed by atoms with Crippen LogP contribution in [0.25, 0.3) is 43.8 Å². The number of halogens is 2. The minimum Gasteiger partial charge on any atom is -1.00 e. The maximum atomic E-state index is 2.32. The molecule has 222 valence electrons. The van der Waals surface area contributed by atoms with E-state index in [0.717, 1.165) is 6.42 Å². The fourth-order valence-corrected chi connectivity index (χ4v) is 5.61. The molecular formula is C39H42Cl2SiZr-2. The van der Waals surface area contributed by atoms with Crippen molar-refractivity contribution in [1.82, 2.24) is 0 Å². The molecule has 6 aromatic carbocycles. The van der Waals surface area contributed by atoms with Gasteiger partial charge in [0, 0.05) is 0 Å². The Kier molecular flexibility index (Phi) is 15.4. The molecular weight excluding hydrogens is 659 g/mol. The van der Waals surface area contributed by atoms with Crippen molar-refractivity contribution in [3.8, 4) is 22.3 Å². The topological polar surface area (TPSA) is 0 Å². The zero-order valence-corrected chi connectivity index (χ0v) is 31.2. The zero-order chi connectivity index (χ0) is 29.4. The third-order valence-electron chi connectivity index (χ3n) is 7.69. The quantitative estimate of drug-likeness (QED) is 0.165. The SMILES string of the molecule is CC[Si](=[Zr+2])CC.CCc1cc2c(-c3ccc(C)cc3)cccc2[cH-]1.Cc1ccc(-c2cccc3[cH-]c(C)cc23)cc1.[Cl-].[Cl-]. The summed E-state index contributed by atoms with van der Waals surface area (Å²) in [6.07, 6.45) is 1.10. The van der Waals surface area contributed by atoms with Crippen LogP contribution < -0.4 is 24.8 Å². The molecule has 6 rings (SSSR count). The summed E-state index contributed by atoms with van der Waals surface area (Å²) < 4.78 is 0. The summed E-state index contributed by atoms with van der Waals surface area (Å²) in [4.78, 5) is 0. The molecule has 0 radical (unpaired) electrons. The van der Waals surface area contributed by atoms with E-state index in [1.807, 2.05) is 0 Å². The van der Waals surface area contributed by atoms with Crippen molar-refractivity contribution in [3.05, 3.63) is 131 Å². The number of fused-ring (bicyclic) bond motifs is 2. The van der Waals surface area contributed by atoms with E-state index in [0.29, 0.717) is 0 Å². The van der Waals surface area contributed by atoms with Crippen molar-refractivity contribution < 1.29 is 48.1 Å². The van der Waals surface area contributed by atoms with Gasteiger partial charge in [0.1, 0.15) is 0 Å². The smallest absolute Gasteiger partial charge is 0.0279 e. The molecule has 0 aliphatic rings. The van der Waals surface area contributed by atoms with Gasteiger partial charge in [0.25, 0.3) is 0 Å². The number of benzene rings is 4. The van der Waals surface area contributed by atoms with Crippen LogP contribution in [0.2, 0.25) is 12.1 Å². The Morgan fingerprint density at radius 1 is 0.581 bits per heavy atom. The van der Waals surface area contributed by atoms with Crippen molar-refractivity contribution in [2.45, 2.75) is 60.1 Å². The van der Waals surface area contributed by atoms with E-state index in [1.54, 1.807) is 23.3 Å². The largest absolute Gasteiger partial charge is 1.00 e. The minimum atomic E-state index is 0. The summed E-state index contributed by atoms with van der Waals surface area (Å²) in [6, 6.07) is 42.7. The normalized spacial score (nSPS) is 10.1. The first-order valence-electron chi connectivity index (χ1n) is 14.9. The maximum Gasteiger partial charge on any atom is -0.0279 e. The molecule has 0 heterocycles. The van der Waals surface area contributed by atoms with Crippen LogP contribution in [0, 0.1) is 20.8 Å². The van der Waals surface area contributed by atoms with E-state index in [1.165, 1.54) is 78.1 Å².